The molecule has 1 N–H and O–H groups in total. The first-order valence-electron chi connectivity index (χ1n) is 9.36. The monoisotopic (exact) mass is 408 g/mol. The van der Waals surface area contributed by atoms with E-state index in [1.165, 1.54) is 38.2 Å². The van der Waals surface area contributed by atoms with Crippen molar-refractivity contribution in [2.24, 2.45) is 0 Å². The zero-order chi connectivity index (χ0) is 19.2. The quantitative estimate of drug-likeness (QED) is 0.512. The van der Waals surface area contributed by atoms with E-state index in [0.717, 1.165) is 22.1 Å². The summed E-state index contributed by atoms with van der Waals surface area (Å²) >= 11 is 7.42. The third-order valence-electron chi connectivity index (χ3n) is 5.09. The molecule has 1 aliphatic carbocycles. The van der Waals surface area contributed by atoms with Crippen molar-refractivity contribution in [2.75, 3.05) is 18.2 Å². The molecule has 146 valence electrons. The van der Waals surface area contributed by atoms with E-state index in [2.05, 4.69) is 22.2 Å². The van der Waals surface area contributed by atoms with E-state index in [4.69, 9.17) is 16.6 Å². The molecule has 0 radical (unpaired) electrons. The van der Waals surface area contributed by atoms with E-state index < -0.39 is 5.82 Å². The molecule has 1 saturated carbocycles. The van der Waals surface area contributed by atoms with Gasteiger partial charge in [-0.3, -0.25) is 0 Å². The Labute approximate surface area is 169 Å². The molecule has 0 spiro atoms. The summed E-state index contributed by atoms with van der Waals surface area (Å²) in [5.74, 6) is 0.615. The summed E-state index contributed by atoms with van der Waals surface area (Å²) in [6, 6.07) is 5.35. The van der Waals surface area contributed by atoms with Crippen LogP contribution in [0.4, 0.5) is 10.2 Å². The normalized spacial score (nSPS) is 15.1. The molecular weight excluding hydrogens is 383 g/mol. The Bertz CT molecular complexity index is 768. The van der Waals surface area contributed by atoms with Crippen LogP contribution in [0.3, 0.4) is 0 Å². The van der Waals surface area contributed by atoms with Crippen LogP contribution < -0.4 is 10.2 Å². The van der Waals surface area contributed by atoms with Crippen molar-refractivity contribution >= 4 is 29.2 Å². The van der Waals surface area contributed by atoms with Gasteiger partial charge in [-0.2, -0.15) is 0 Å². The first-order chi connectivity index (χ1) is 13.1. The second-order valence-electron chi connectivity index (χ2n) is 6.96. The van der Waals surface area contributed by atoms with Gasteiger partial charge < -0.3 is 10.2 Å². The van der Waals surface area contributed by atoms with Gasteiger partial charge in [0.25, 0.3) is 0 Å². The van der Waals surface area contributed by atoms with E-state index in [1.807, 2.05) is 12.5 Å². The Morgan fingerprint density at radius 2 is 2.04 bits per heavy atom. The third-order valence-corrected chi connectivity index (χ3v) is 5.94. The molecule has 0 atom stereocenters. The summed E-state index contributed by atoms with van der Waals surface area (Å²) < 4.78 is 13.3. The molecule has 1 aromatic heterocycles. The number of anilines is 1. The van der Waals surface area contributed by atoms with Gasteiger partial charge >= 0.3 is 0 Å². The average Bonchev–Trinajstić information content (AvgIpc) is 2.71. The van der Waals surface area contributed by atoms with Gasteiger partial charge in [0.2, 0.25) is 0 Å². The van der Waals surface area contributed by atoms with Crippen LogP contribution in [0.5, 0.6) is 0 Å². The molecule has 27 heavy (non-hydrogen) atoms. The van der Waals surface area contributed by atoms with Crippen molar-refractivity contribution in [3.63, 3.8) is 0 Å². The molecule has 0 saturated heterocycles. The van der Waals surface area contributed by atoms with Crippen LogP contribution in [0, 0.1) is 5.82 Å². The number of hydrogen-bond acceptors (Lipinski definition) is 5. The summed E-state index contributed by atoms with van der Waals surface area (Å²) in [4.78, 5) is 11.6. The molecule has 3 rings (SSSR count). The molecule has 7 heteroatoms. The predicted octanol–water partition coefficient (Wildman–Crippen LogP) is 5.05. The minimum atomic E-state index is -0.391. The number of hydrogen-bond donors (Lipinski definition) is 1. The van der Waals surface area contributed by atoms with Gasteiger partial charge in [-0.05, 0) is 36.8 Å². The summed E-state index contributed by atoms with van der Waals surface area (Å²) in [7, 11) is 2.14. The van der Waals surface area contributed by atoms with Crippen molar-refractivity contribution < 1.29 is 4.39 Å². The molecule has 1 aliphatic rings. The van der Waals surface area contributed by atoms with Crippen LogP contribution in [0.15, 0.2) is 29.6 Å². The minimum absolute atomic E-state index is 0.152. The number of benzene rings is 1. The fourth-order valence-electron chi connectivity index (χ4n) is 3.54. The van der Waals surface area contributed by atoms with Crippen LogP contribution in [-0.4, -0.2) is 29.3 Å². The molecule has 1 aromatic carbocycles. The Morgan fingerprint density at radius 3 is 2.74 bits per heavy atom. The average molecular weight is 409 g/mol. The molecule has 0 aliphatic heterocycles. The van der Waals surface area contributed by atoms with Gasteiger partial charge in [-0.1, -0.05) is 48.7 Å². The number of nitrogens with one attached hydrogen (secondary N) is 1. The largest absolute Gasteiger partial charge is 0.356 e. The summed E-state index contributed by atoms with van der Waals surface area (Å²) in [5.41, 5.74) is 2.03. The lowest BCUT2D eigenvalue weighted by atomic mass is 9.94. The van der Waals surface area contributed by atoms with Crippen LogP contribution >= 0.6 is 23.4 Å². The second kappa shape index (κ2) is 9.71. The Kier molecular flexibility index (Phi) is 7.33. The molecule has 0 amide bonds. The standard InChI is InChI=1S/C20H26ClFN4S/c1-26(16-6-4-3-5-7-16)19-15(13-24-20(25-19)27-2)12-23-11-14-8-9-18(22)17(21)10-14/h8-10,13,16,23H,3-7,11-12H2,1-2H3. The van der Waals surface area contributed by atoms with Crippen LogP contribution in [0.1, 0.15) is 43.2 Å². The lowest BCUT2D eigenvalue weighted by Gasteiger charge is -2.33. The Hall–Kier alpha value is -1.37. The van der Waals surface area contributed by atoms with Gasteiger partial charge in [0, 0.05) is 37.9 Å². The van der Waals surface area contributed by atoms with Crippen LogP contribution in [0.2, 0.25) is 5.02 Å². The highest BCUT2D eigenvalue weighted by molar-refractivity contribution is 7.98. The van der Waals surface area contributed by atoms with E-state index in [-0.39, 0.29) is 5.02 Å². The molecule has 2 aromatic rings. The molecular formula is C20H26ClFN4S. The Balaban J connectivity index is 1.70. The van der Waals surface area contributed by atoms with E-state index in [1.54, 1.807) is 23.9 Å². The van der Waals surface area contributed by atoms with Gasteiger partial charge in [0.15, 0.2) is 5.16 Å². The second-order valence-corrected chi connectivity index (χ2v) is 8.14. The van der Waals surface area contributed by atoms with E-state index in [0.29, 0.717) is 19.1 Å². The van der Waals surface area contributed by atoms with Gasteiger partial charge in [0.05, 0.1) is 5.02 Å². The highest BCUT2D eigenvalue weighted by atomic mass is 35.5. The van der Waals surface area contributed by atoms with E-state index >= 15 is 0 Å². The van der Waals surface area contributed by atoms with Crippen molar-refractivity contribution in [3.05, 3.63) is 46.4 Å². The minimum Gasteiger partial charge on any atom is -0.356 e. The predicted molar refractivity (Wildman–Crippen MR) is 111 cm³/mol. The maximum atomic E-state index is 13.3. The topological polar surface area (TPSA) is 41.1 Å². The molecule has 0 bridgehead atoms. The Morgan fingerprint density at radius 1 is 1.26 bits per heavy atom. The number of nitrogens with zero attached hydrogens (tertiary/aromatic N) is 3. The first kappa shape index (κ1) is 20.4. The number of halogens is 2. The summed E-state index contributed by atoms with van der Waals surface area (Å²) in [6.45, 7) is 1.26. The smallest absolute Gasteiger partial charge is 0.189 e. The number of thioether (sulfide) groups is 1. The molecule has 1 fully saturated rings. The van der Waals surface area contributed by atoms with Crippen LogP contribution in [0.25, 0.3) is 0 Å². The fourth-order valence-corrected chi connectivity index (χ4v) is 4.08. The molecule has 4 nitrogen and oxygen atoms in total. The number of aromatic nitrogens is 2. The van der Waals surface area contributed by atoms with Gasteiger partial charge in [-0.15, -0.1) is 0 Å². The van der Waals surface area contributed by atoms with Crippen molar-refractivity contribution in [3.8, 4) is 0 Å². The van der Waals surface area contributed by atoms with Crippen LogP contribution in [-0.2, 0) is 13.1 Å². The zero-order valence-electron chi connectivity index (χ0n) is 15.8. The summed E-state index contributed by atoms with van der Waals surface area (Å²) in [6.07, 6.45) is 10.3. The first-order valence-corrected chi connectivity index (χ1v) is 11.0. The maximum Gasteiger partial charge on any atom is 0.189 e. The SMILES string of the molecule is CSc1ncc(CNCc2ccc(F)c(Cl)c2)c(N(C)C2CCCCC2)n1. The lowest BCUT2D eigenvalue weighted by Crippen LogP contribution is -2.35. The van der Waals surface area contributed by atoms with Crippen molar-refractivity contribution in [1.82, 2.24) is 15.3 Å². The van der Waals surface area contributed by atoms with Crippen molar-refractivity contribution in [2.45, 2.75) is 56.4 Å². The highest BCUT2D eigenvalue weighted by Gasteiger charge is 2.22. The third kappa shape index (κ3) is 5.33. The fraction of sp³-hybridized carbons (Fsp3) is 0.500. The van der Waals surface area contributed by atoms with Gasteiger partial charge in [-0.25, -0.2) is 14.4 Å². The maximum absolute atomic E-state index is 13.3. The zero-order valence-corrected chi connectivity index (χ0v) is 17.4. The molecule has 0 unspecified atom stereocenters. The van der Waals surface area contributed by atoms with E-state index in [9.17, 15) is 4.39 Å². The number of rotatable bonds is 7. The summed E-state index contributed by atoms with van der Waals surface area (Å²) in [5, 5.41) is 4.35. The van der Waals surface area contributed by atoms with Crippen molar-refractivity contribution in [1.29, 1.82) is 0 Å². The molecule has 1 heterocycles. The van der Waals surface area contributed by atoms with Gasteiger partial charge in [0.1, 0.15) is 11.6 Å². The lowest BCUT2D eigenvalue weighted by molar-refractivity contribution is 0.424. The highest BCUT2D eigenvalue weighted by Crippen LogP contribution is 2.28.